The molecule has 7 nitrogen and oxygen atoms in total. The number of carbonyl (C=O) groups excluding carboxylic acids is 1. The zero-order valence-electron chi connectivity index (χ0n) is 11.2. The Balaban J connectivity index is 2.59. The van der Waals surface area contributed by atoms with Crippen molar-refractivity contribution in [3.8, 4) is 5.75 Å². The molecule has 20 heavy (non-hydrogen) atoms. The van der Waals surface area contributed by atoms with Gasteiger partial charge >= 0.3 is 0 Å². The van der Waals surface area contributed by atoms with Crippen LogP contribution < -0.4 is 5.43 Å². The first kappa shape index (κ1) is 15.6. The standard InChI is InChI=1S/C13H17N3O4/c1-2-3-4-5-13(18)15-14-9-10-8-11(16(19)20)6-7-12(10)17/h6-9,17H,2-5H2,1H3,(H,15,18)/b14-9+. The Bertz CT molecular complexity index is 514. The average molecular weight is 279 g/mol. The first-order valence-electron chi connectivity index (χ1n) is 6.34. The molecule has 0 unspecified atom stereocenters. The minimum absolute atomic E-state index is 0.139. The zero-order chi connectivity index (χ0) is 15.0. The minimum atomic E-state index is -0.569. The molecule has 1 aromatic carbocycles. The molecule has 0 aromatic heterocycles. The number of hydrazone groups is 1. The number of nitro groups is 1. The summed E-state index contributed by atoms with van der Waals surface area (Å²) in [6, 6.07) is 3.58. The lowest BCUT2D eigenvalue weighted by molar-refractivity contribution is -0.384. The van der Waals surface area contributed by atoms with Crippen LogP contribution in [0.5, 0.6) is 5.75 Å². The van der Waals surface area contributed by atoms with Crippen molar-refractivity contribution < 1.29 is 14.8 Å². The van der Waals surface area contributed by atoms with Crippen molar-refractivity contribution in [1.29, 1.82) is 0 Å². The number of hydrogen-bond donors (Lipinski definition) is 2. The van der Waals surface area contributed by atoms with Gasteiger partial charge in [0.05, 0.1) is 11.1 Å². The molecule has 1 rings (SSSR count). The van der Waals surface area contributed by atoms with Gasteiger partial charge in [0.2, 0.25) is 5.91 Å². The summed E-state index contributed by atoms with van der Waals surface area (Å²) in [5.41, 5.74) is 2.34. The van der Waals surface area contributed by atoms with Crippen molar-refractivity contribution >= 4 is 17.8 Å². The number of aromatic hydroxyl groups is 1. The molecule has 0 aliphatic heterocycles. The predicted octanol–water partition coefficient (Wildman–Crippen LogP) is 2.33. The average Bonchev–Trinajstić information content (AvgIpc) is 2.41. The van der Waals surface area contributed by atoms with Gasteiger partial charge in [0.15, 0.2) is 0 Å². The Kier molecular flexibility index (Phi) is 6.15. The molecule has 7 heteroatoms. The van der Waals surface area contributed by atoms with Crippen LogP contribution in [-0.2, 0) is 4.79 Å². The number of nitrogens with zero attached hydrogens (tertiary/aromatic N) is 2. The Hall–Kier alpha value is -2.44. The number of non-ortho nitro benzene ring substituents is 1. The van der Waals surface area contributed by atoms with Gasteiger partial charge < -0.3 is 5.11 Å². The lowest BCUT2D eigenvalue weighted by Gasteiger charge is -2.00. The fourth-order valence-electron chi connectivity index (χ4n) is 1.52. The van der Waals surface area contributed by atoms with Gasteiger partial charge in [0.25, 0.3) is 5.69 Å². The quantitative estimate of drug-likeness (QED) is 0.346. The summed E-state index contributed by atoms with van der Waals surface area (Å²) in [7, 11) is 0. The van der Waals surface area contributed by atoms with Crippen molar-refractivity contribution in [3.63, 3.8) is 0 Å². The number of benzene rings is 1. The molecule has 0 bridgehead atoms. The second-order valence-corrected chi connectivity index (χ2v) is 4.25. The van der Waals surface area contributed by atoms with E-state index in [2.05, 4.69) is 10.5 Å². The summed E-state index contributed by atoms with van der Waals surface area (Å²) in [5, 5.41) is 23.8. The first-order valence-corrected chi connectivity index (χ1v) is 6.34. The molecule has 0 saturated carbocycles. The Morgan fingerprint density at radius 2 is 2.25 bits per heavy atom. The van der Waals surface area contributed by atoms with Gasteiger partial charge in [-0.2, -0.15) is 5.10 Å². The van der Waals surface area contributed by atoms with E-state index in [1.807, 2.05) is 6.92 Å². The highest BCUT2D eigenvalue weighted by Crippen LogP contribution is 2.21. The molecular formula is C13H17N3O4. The minimum Gasteiger partial charge on any atom is -0.507 e. The first-order chi connectivity index (χ1) is 9.54. The molecule has 0 heterocycles. The van der Waals surface area contributed by atoms with Gasteiger partial charge in [-0.1, -0.05) is 19.8 Å². The monoisotopic (exact) mass is 279 g/mol. The molecule has 0 aliphatic carbocycles. The smallest absolute Gasteiger partial charge is 0.270 e. The van der Waals surface area contributed by atoms with Gasteiger partial charge in [0.1, 0.15) is 5.75 Å². The molecule has 0 fully saturated rings. The van der Waals surface area contributed by atoms with Crippen LogP contribution in [0.3, 0.4) is 0 Å². The molecule has 0 atom stereocenters. The molecule has 2 N–H and O–H groups in total. The summed E-state index contributed by atoms with van der Waals surface area (Å²) in [6.07, 6.45) is 4.35. The topological polar surface area (TPSA) is 105 Å². The third kappa shape index (κ3) is 5.05. The fraction of sp³-hybridized carbons (Fsp3) is 0.385. The van der Waals surface area contributed by atoms with Gasteiger partial charge in [-0.3, -0.25) is 14.9 Å². The van der Waals surface area contributed by atoms with Crippen molar-refractivity contribution in [2.24, 2.45) is 5.10 Å². The maximum atomic E-state index is 11.4. The van der Waals surface area contributed by atoms with Crippen molar-refractivity contribution in [3.05, 3.63) is 33.9 Å². The third-order valence-corrected chi connectivity index (χ3v) is 2.62. The van der Waals surface area contributed by atoms with Crippen LogP contribution in [0.15, 0.2) is 23.3 Å². The van der Waals surface area contributed by atoms with E-state index < -0.39 is 4.92 Å². The summed E-state index contributed by atoms with van der Waals surface area (Å²) in [6.45, 7) is 2.04. The van der Waals surface area contributed by atoms with Crippen LogP contribution in [0.25, 0.3) is 0 Å². The molecular weight excluding hydrogens is 262 g/mol. The second kappa shape index (κ2) is 7.88. The van der Waals surface area contributed by atoms with Crippen LogP contribution in [0.1, 0.15) is 38.2 Å². The Labute approximate surface area is 116 Å². The van der Waals surface area contributed by atoms with E-state index in [1.165, 1.54) is 24.4 Å². The summed E-state index contributed by atoms with van der Waals surface area (Å²) >= 11 is 0. The molecule has 0 spiro atoms. The highest BCUT2D eigenvalue weighted by Gasteiger charge is 2.08. The lowest BCUT2D eigenvalue weighted by atomic mass is 10.2. The Morgan fingerprint density at radius 1 is 1.50 bits per heavy atom. The molecule has 1 aromatic rings. The van der Waals surface area contributed by atoms with E-state index in [0.717, 1.165) is 19.3 Å². The second-order valence-electron chi connectivity index (χ2n) is 4.25. The van der Waals surface area contributed by atoms with Crippen molar-refractivity contribution in [2.75, 3.05) is 0 Å². The Morgan fingerprint density at radius 3 is 2.90 bits per heavy atom. The normalized spacial score (nSPS) is 10.7. The zero-order valence-corrected chi connectivity index (χ0v) is 11.2. The largest absolute Gasteiger partial charge is 0.507 e. The van der Waals surface area contributed by atoms with E-state index in [4.69, 9.17) is 0 Å². The lowest BCUT2D eigenvalue weighted by Crippen LogP contribution is -2.16. The highest BCUT2D eigenvalue weighted by molar-refractivity contribution is 5.85. The van der Waals surface area contributed by atoms with Gasteiger partial charge in [-0.05, 0) is 12.5 Å². The molecule has 0 saturated heterocycles. The van der Waals surface area contributed by atoms with E-state index in [1.54, 1.807) is 0 Å². The number of hydrogen-bond acceptors (Lipinski definition) is 5. The number of unbranched alkanes of at least 4 members (excludes halogenated alkanes) is 2. The number of carbonyl (C=O) groups is 1. The number of rotatable bonds is 7. The number of phenolic OH excluding ortho intramolecular Hbond substituents is 1. The molecule has 0 radical (unpaired) electrons. The van der Waals surface area contributed by atoms with E-state index in [9.17, 15) is 20.0 Å². The maximum Gasteiger partial charge on any atom is 0.270 e. The van der Waals surface area contributed by atoms with Gasteiger partial charge in [0, 0.05) is 24.1 Å². The number of nitro benzene ring substituents is 1. The van der Waals surface area contributed by atoms with Crippen molar-refractivity contribution in [1.82, 2.24) is 5.43 Å². The summed E-state index contributed by atoms with van der Waals surface area (Å²) < 4.78 is 0. The van der Waals surface area contributed by atoms with E-state index in [-0.39, 0.29) is 22.9 Å². The van der Waals surface area contributed by atoms with Crippen LogP contribution in [0.2, 0.25) is 0 Å². The van der Waals surface area contributed by atoms with Gasteiger partial charge in [-0.15, -0.1) is 0 Å². The van der Waals surface area contributed by atoms with Crippen molar-refractivity contribution in [2.45, 2.75) is 32.6 Å². The summed E-state index contributed by atoms with van der Waals surface area (Å²) in [5.74, 6) is -0.362. The SMILES string of the molecule is CCCCCC(=O)N/N=C/c1cc([N+](=O)[O-])ccc1O. The summed E-state index contributed by atoms with van der Waals surface area (Å²) in [4.78, 5) is 21.4. The fourth-order valence-corrected chi connectivity index (χ4v) is 1.52. The number of phenols is 1. The molecule has 108 valence electrons. The van der Waals surface area contributed by atoms with E-state index >= 15 is 0 Å². The maximum absolute atomic E-state index is 11.4. The predicted molar refractivity (Wildman–Crippen MR) is 74.6 cm³/mol. The molecule has 1 amide bonds. The van der Waals surface area contributed by atoms with Crippen LogP contribution >= 0.6 is 0 Å². The molecule has 0 aliphatic rings. The van der Waals surface area contributed by atoms with Crippen LogP contribution in [0, 0.1) is 10.1 Å². The van der Waals surface area contributed by atoms with Gasteiger partial charge in [-0.25, -0.2) is 5.43 Å². The third-order valence-electron chi connectivity index (χ3n) is 2.62. The van der Waals surface area contributed by atoms with Crippen LogP contribution in [0.4, 0.5) is 5.69 Å². The highest BCUT2D eigenvalue weighted by atomic mass is 16.6. The van der Waals surface area contributed by atoms with Crippen LogP contribution in [-0.4, -0.2) is 22.2 Å². The van der Waals surface area contributed by atoms with E-state index in [0.29, 0.717) is 6.42 Å². The number of amides is 1. The number of nitrogens with one attached hydrogen (secondary N) is 1.